The van der Waals surface area contributed by atoms with Crippen molar-refractivity contribution >= 4 is 16.0 Å². The van der Waals surface area contributed by atoms with Crippen molar-refractivity contribution < 1.29 is 26.3 Å². The lowest BCUT2D eigenvalue weighted by molar-refractivity contribution is 0.310. The maximum absolute atomic E-state index is 13.8. The van der Waals surface area contributed by atoms with E-state index in [2.05, 4.69) is 9.88 Å². The molecule has 36 heavy (non-hydrogen) atoms. The summed E-state index contributed by atoms with van der Waals surface area (Å²) >= 11 is 0. The summed E-state index contributed by atoms with van der Waals surface area (Å²) in [6.45, 7) is 3.12. The first kappa shape index (κ1) is 24.5. The first-order chi connectivity index (χ1) is 17.2. The van der Waals surface area contributed by atoms with Crippen molar-refractivity contribution in [2.75, 3.05) is 44.7 Å². The largest absolute Gasteiger partial charge is 0.438 e. The van der Waals surface area contributed by atoms with Gasteiger partial charge in [-0.05, 0) is 43.4 Å². The lowest BCUT2D eigenvalue weighted by Gasteiger charge is -2.34. The van der Waals surface area contributed by atoms with Crippen molar-refractivity contribution in [1.29, 1.82) is 0 Å². The zero-order chi connectivity index (χ0) is 25.4. The summed E-state index contributed by atoms with van der Waals surface area (Å²) in [6, 6.07) is 7.75. The number of sulfonamides is 1. The summed E-state index contributed by atoms with van der Waals surface area (Å²) < 4.78 is 74.2. The zero-order valence-electron chi connectivity index (χ0n) is 19.5. The van der Waals surface area contributed by atoms with E-state index in [-0.39, 0.29) is 29.6 Å². The molecule has 0 spiro atoms. The van der Waals surface area contributed by atoms with Gasteiger partial charge in [0.2, 0.25) is 21.9 Å². The Balaban J connectivity index is 1.51. The van der Waals surface area contributed by atoms with Gasteiger partial charge in [0.25, 0.3) is 0 Å². The highest BCUT2D eigenvalue weighted by molar-refractivity contribution is 7.89. The SMILES string of the molecule is CN1CCN(c2nc3c(c(Oc4ccc(F)c(F)c4)n2)CN(S(=O)(=O)c2ccc(F)cc2)CC3)CC1. The topological polar surface area (TPSA) is 78.9 Å². The van der Waals surface area contributed by atoms with E-state index in [1.807, 2.05) is 11.9 Å². The second kappa shape index (κ2) is 9.68. The van der Waals surface area contributed by atoms with Gasteiger partial charge in [0.05, 0.1) is 16.2 Å². The molecule has 0 bridgehead atoms. The van der Waals surface area contributed by atoms with Crippen LogP contribution in [0.5, 0.6) is 11.6 Å². The Morgan fingerprint density at radius 3 is 2.31 bits per heavy atom. The molecular formula is C24H24F3N5O3S. The number of hydrogen-bond acceptors (Lipinski definition) is 7. The molecule has 190 valence electrons. The van der Waals surface area contributed by atoms with Crippen molar-refractivity contribution in [3.63, 3.8) is 0 Å². The quantitative estimate of drug-likeness (QED) is 0.512. The van der Waals surface area contributed by atoms with Crippen LogP contribution in [-0.2, 0) is 23.0 Å². The normalized spacial score (nSPS) is 17.2. The number of likely N-dealkylation sites (N-methyl/N-ethyl adjacent to an activating group) is 1. The lowest BCUT2D eigenvalue weighted by Crippen LogP contribution is -2.45. The van der Waals surface area contributed by atoms with Crippen LogP contribution >= 0.6 is 0 Å². The Hall–Kier alpha value is -3.22. The number of aromatic nitrogens is 2. The van der Waals surface area contributed by atoms with Crippen molar-refractivity contribution in [2.45, 2.75) is 17.9 Å². The van der Waals surface area contributed by atoms with Crippen LogP contribution in [0.25, 0.3) is 0 Å². The van der Waals surface area contributed by atoms with Crippen LogP contribution < -0.4 is 9.64 Å². The van der Waals surface area contributed by atoms with Gasteiger partial charge in [0.15, 0.2) is 11.6 Å². The highest BCUT2D eigenvalue weighted by atomic mass is 32.2. The van der Waals surface area contributed by atoms with Crippen molar-refractivity contribution in [2.24, 2.45) is 0 Å². The molecule has 12 heteroatoms. The molecular weight excluding hydrogens is 495 g/mol. The number of hydrogen-bond donors (Lipinski definition) is 0. The average Bonchev–Trinajstić information content (AvgIpc) is 2.86. The fourth-order valence-electron chi connectivity index (χ4n) is 4.19. The van der Waals surface area contributed by atoms with Crippen molar-refractivity contribution in [1.82, 2.24) is 19.2 Å². The Morgan fingerprint density at radius 1 is 0.889 bits per heavy atom. The van der Waals surface area contributed by atoms with E-state index in [0.29, 0.717) is 36.7 Å². The fourth-order valence-corrected chi connectivity index (χ4v) is 5.60. The maximum Gasteiger partial charge on any atom is 0.243 e. The average molecular weight is 520 g/mol. The number of rotatable bonds is 5. The van der Waals surface area contributed by atoms with Gasteiger partial charge in [-0.2, -0.15) is 9.29 Å². The lowest BCUT2D eigenvalue weighted by atomic mass is 10.1. The minimum Gasteiger partial charge on any atom is -0.438 e. The van der Waals surface area contributed by atoms with Crippen LogP contribution in [0.3, 0.4) is 0 Å². The number of benzene rings is 2. The molecule has 0 saturated carbocycles. The van der Waals surface area contributed by atoms with Gasteiger partial charge in [-0.15, -0.1) is 0 Å². The summed E-state index contributed by atoms with van der Waals surface area (Å²) in [6.07, 6.45) is 0.299. The molecule has 0 atom stereocenters. The molecule has 0 N–H and O–H groups in total. The van der Waals surface area contributed by atoms with Gasteiger partial charge in [-0.25, -0.2) is 26.6 Å². The second-order valence-corrected chi connectivity index (χ2v) is 10.7. The molecule has 1 saturated heterocycles. The molecule has 0 radical (unpaired) electrons. The van der Waals surface area contributed by atoms with Gasteiger partial charge in [-0.3, -0.25) is 0 Å². The van der Waals surface area contributed by atoms with E-state index in [9.17, 15) is 21.6 Å². The molecule has 8 nitrogen and oxygen atoms in total. The predicted octanol–water partition coefficient (Wildman–Crippen LogP) is 3.19. The molecule has 0 amide bonds. The van der Waals surface area contributed by atoms with Gasteiger partial charge in [0, 0.05) is 51.8 Å². The minimum absolute atomic E-state index is 0.0256. The third kappa shape index (κ3) is 4.88. The van der Waals surface area contributed by atoms with E-state index in [4.69, 9.17) is 9.72 Å². The molecule has 5 rings (SSSR count). The van der Waals surface area contributed by atoms with Crippen molar-refractivity contribution in [3.8, 4) is 11.6 Å². The van der Waals surface area contributed by atoms with Gasteiger partial charge in [0.1, 0.15) is 11.6 Å². The first-order valence-electron chi connectivity index (χ1n) is 11.4. The third-order valence-electron chi connectivity index (χ3n) is 6.32. The molecule has 2 aromatic carbocycles. The summed E-state index contributed by atoms with van der Waals surface area (Å²) in [5.41, 5.74) is 1.07. The van der Waals surface area contributed by atoms with E-state index < -0.39 is 27.5 Å². The van der Waals surface area contributed by atoms with Crippen LogP contribution in [0, 0.1) is 17.5 Å². The van der Waals surface area contributed by atoms with Gasteiger partial charge >= 0.3 is 0 Å². The highest BCUT2D eigenvalue weighted by Crippen LogP contribution is 2.34. The van der Waals surface area contributed by atoms with Crippen LogP contribution in [0.2, 0.25) is 0 Å². The monoisotopic (exact) mass is 519 g/mol. The zero-order valence-corrected chi connectivity index (χ0v) is 20.3. The molecule has 3 aromatic rings. The predicted molar refractivity (Wildman–Crippen MR) is 126 cm³/mol. The summed E-state index contributed by atoms with van der Waals surface area (Å²) in [4.78, 5) is 13.4. The summed E-state index contributed by atoms with van der Waals surface area (Å²) in [7, 11) is -1.90. The van der Waals surface area contributed by atoms with E-state index in [0.717, 1.165) is 37.4 Å². The summed E-state index contributed by atoms with van der Waals surface area (Å²) in [5.74, 6) is -2.08. The Kier molecular flexibility index (Phi) is 6.58. The van der Waals surface area contributed by atoms with Crippen LogP contribution in [0.4, 0.5) is 19.1 Å². The Labute approximate surface area is 207 Å². The molecule has 1 fully saturated rings. The third-order valence-corrected chi connectivity index (χ3v) is 8.18. The standard InChI is InChI=1S/C24H24F3N5O3S/c1-30-10-12-31(13-11-30)24-28-22-8-9-32(36(33,34)18-5-2-16(25)3-6-18)15-19(22)23(29-24)35-17-4-7-20(26)21(27)14-17/h2-7,14H,8-13,15H2,1H3. The smallest absolute Gasteiger partial charge is 0.243 e. The molecule has 0 aliphatic carbocycles. The van der Waals surface area contributed by atoms with E-state index in [1.54, 1.807) is 0 Å². The fraction of sp³-hybridized carbons (Fsp3) is 0.333. The highest BCUT2D eigenvalue weighted by Gasteiger charge is 2.33. The summed E-state index contributed by atoms with van der Waals surface area (Å²) in [5, 5.41) is 0. The first-order valence-corrected chi connectivity index (χ1v) is 12.9. The number of halogens is 3. The number of nitrogens with zero attached hydrogens (tertiary/aromatic N) is 5. The number of anilines is 1. The number of ether oxygens (including phenoxy) is 1. The number of fused-ring (bicyclic) bond motifs is 1. The van der Waals surface area contributed by atoms with Crippen LogP contribution in [-0.4, -0.2) is 67.4 Å². The minimum atomic E-state index is -3.93. The Bertz CT molecular complexity index is 1380. The van der Waals surface area contributed by atoms with Crippen molar-refractivity contribution in [3.05, 3.63) is 71.2 Å². The molecule has 2 aliphatic rings. The van der Waals surface area contributed by atoms with Gasteiger partial charge in [-0.1, -0.05) is 0 Å². The molecule has 2 aliphatic heterocycles. The van der Waals surface area contributed by atoms with Gasteiger partial charge < -0.3 is 14.5 Å². The molecule has 1 aromatic heterocycles. The number of piperazine rings is 1. The molecule has 0 unspecified atom stereocenters. The van der Waals surface area contributed by atoms with Crippen LogP contribution in [0.1, 0.15) is 11.3 Å². The molecule has 3 heterocycles. The second-order valence-electron chi connectivity index (χ2n) is 8.76. The van der Waals surface area contributed by atoms with Crippen LogP contribution in [0.15, 0.2) is 47.4 Å². The van der Waals surface area contributed by atoms with E-state index >= 15 is 0 Å². The maximum atomic E-state index is 13.8. The van der Waals surface area contributed by atoms with E-state index in [1.165, 1.54) is 22.5 Å². The Morgan fingerprint density at radius 2 is 1.61 bits per heavy atom.